The van der Waals surface area contributed by atoms with Crippen molar-refractivity contribution in [3.63, 3.8) is 0 Å². The molecule has 2 atom stereocenters. The van der Waals surface area contributed by atoms with E-state index in [4.69, 9.17) is 16.7 Å². The monoisotopic (exact) mass is 356 g/mol. The van der Waals surface area contributed by atoms with Gasteiger partial charge in [-0.3, -0.25) is 9.00 Å². The number of nitrogens with two attached hydrogens (primary N) is 1. The van der Waals surface area contributed by atoms with Crippen LogP contribution in [0.2, 0.25) is 5.02 Å². The van der Waals surface area contributed by atoms with Crippen LogP contribution in [0.5, 0.6) is 0 Å². The fourth-order valence-corrected chi connectivity index (χ4v) is 2.54. The van der Waals surface area contributed by atoms with E-state index in [1.165, 1.54) is 6.26 Å². The van der Waals surface area contributed by atoms with Gasteiger partial charge in [0, 0.05) is 28.9 Å². The van der Waals surface area contributed by atoms with Crippen LogP contribution in [0.1, 0.15) is 17.3 Å². The molecule has 10 heteroatoms. The fourth-order valence-electron chi connectivity index (χ4n) is 1.37. The van der Waals surface area contributed by atoms with E-state index in [-0.39, 0.29) is 22.4 Å². The first kappa shape index (κ1) is 18.0. The summed E-state index contributed by atoms with van der Waals surface area (Å²) in [6.45, 7) is 1.76. The average Bonchev–Trinajstić information content (AvgIpc) is 2.33. The molecule has 1 amide bonds. The fraction of sp³-hybridized carbons (Fsp3) is 0.364. The van der Waals surface area contributed by atoms with Crippen molar-refractivity contribution >= 4 is 38.3 Å². The van der Waals surface area contributed by atoms with Gasteiger partial charge in [0.2, 0.25) is 10.0 Å². The summed E-state index contributed by atoms with van der Waals surface area (Å²) in [5.41, 5.74) is -0.226. The predicted octanol–water partition coefficient (Wildman–Crippen LogP) is 0.623. The highest BCUT2D eigenvalue weighted by molar-refractivity contribution is 7.89. The topological polar surface area (TPSA) is 106 Å². The number of rotatable bonds is 5. The minimum atomic E-state index is -4.31. The zero-order chi connectivity index (χ0) is 16.4. The Morgan fingerprint density at radius 3 is 2.57 bits per heavy atom. The maximum atomic E-state index is 13.5. The third kappa shape index (κ3) is 4.73. The molecule has 0 bridgehead atoms. The Morgan fingerprint density at radius 1 is 1.52 bits per heavy atom. The number of primary sulfonamides is 1. The van der Waals surface area contributed by atoms with Crippen LogP contribution in [0.15, 0.2) is 17.0 Å². The minimum Gasteiger partial charge on any atom is -0.351 e. The number of hydrogen-bond donors (Lipinski definition) is 2. The maximum Gasteiger partial charge on any atom is 0.252 e. The number of benzene rings is 1. The molecule has 0 aliphatic rings. The highest BCUT2D eigenvalue weighted by atomic mass is 35.5. The van der Waals surface area contributed by atoms with Crippen LogP contribution < -0.4 is 10.5 Å². The molecule has 0 heterocycles. The van der Waals surface area contributed by atoms with Gasteiger partial charge in [-0.05, 0) is 19.1 Å². The molecule has 3 N–H and O–H groups in total. The molecule has 0 aliphatic carbocycles. The predicted molar refractivity (Wildman–Crippen MR) is 78.6 cm³/mol. The third-order valence-corrected chi connectivity index (χ3v) is 5.23. The van der Waals surface area contributed by atoms with Crippen LogP contribution in [0.25, 0.3) is 0 Å². The lowest BCUT2D eigenvalue weighted by Crippen LogP contribution is -2.33. The van der Waals surface area contributed by atoms with Gasteiger partial charge in [-0.2, -0.15) is 0 Å². The second-order valence-electron chi connectivity index (χ2n) is 4.33. The Kier molecular flexibility index (Phi) is 5.85. The Hall–Kier alpha value is -1.03. The van der Waals surface area contributed by atoms with Crippen LogP contribution in [-0.4, -0.2) is 36.6 Å². The van der Waals surface area contributed by atoms with Gasteiger partial charge < -0.3 is 5.32 Å². The van der Waals surface area contributed by atoms with Crippen LogP contribution in [0, 0.1) is 5.82 Å². The highest BCUT2D eigenvalue weighted by Crippen LogP contribution is 2.23. The van der Waals surface area contributed by atoms with E-state index in [9.17, 15) is 21.8 Å². The maximum absolute atomic E-state index is 13.5. The SMILES string of the molecule is CC(CNC(=O)c1cc(S(N)(=O)=O)c(F)cc1Cl)S(C)=O. The van der Waals surface area contributed by atoms with Gasteiger partial charge in [-0.1, -0.05) is 11.6 Å². The molecular formula is C11H14ClFN2O4S2. The Labute approximate surface area is 129 Å². The summed E-state index contributed by atoms with van der Waals surface area (Å²) in [4.78, 5) is 11.1. The second kappa shape index (κ2) is 6.82. The average molecular weight is 357 g/mol. The van der Waals surface area contributed by atoms with E-state index in [1.807, 2.05) is 0 Å². The number of nitrogens with one attached hydrogen (secondary N) is 1. The third-order valence-electron chi connectivity index (χ3n) is 2.69. The van der Waals surface area contributed by atoms with Crippen molar-refractivity contribution in [3.05, 3.63) is 28.5 Å². The van der Waals surface area contributed by atoms with Crippen LogP contribution in [0.4, 0.5) is 4.39 Å². The minimum absolute atomic E-state index is 0.0976. The lowest BCUT2D eigenvalue weighted by atomic mass is 10.2. The quantitative estimate of drug-likeness (QED) is 0.806. The van der Waals surface area contributed by atoms with Crippen molar-refractivity contribution in [3.8, 4) is 0 Å². The number of halogens is 2. The zero-order valence-corrected chi connectivity index (χ0v) is 13.6. The normalized spacial score (nSPS) is 14.5. The summed E-state index contributed by atoms with van der Waals surface area (Å²) < 4.78 is 47.1. The first-order valence-corrected chi connectivity index (χ1v) is 9.21. The van der Waals surface area contributed by atoms with Gasteiger partial charge in [0.25, 0.3) is 5.91 Å². The van der Waals surface area contributed by atoms with Gasteiger partial charge in [-0.15, -0.1) is 0 Å². The summed E-state index contributed by atoms with van der Waals surface area (Å²) >= 11 is 5.73. The molecule has 0 radical (unpaired) electrons. The largest absolute Gasteiger partial charge is 0.351 e. The molecule has 0 fully saturated rings. The molecule has 0 saturated heterocycles. The van der Waals surface area contributed by atoms with E-state index in [0.717, 1.165) is 6.07 Å². The van der Waals surface area contributed by atoms with Crippen molar-refractivity contribution in [2.75, 3.05) is 12.8 Å². The molecular weight excluding hydrogens is 343 g/mol. The van der Waals surface area contributed by atoms with Crippen molar-refractivity contribution in [2.45, 2.75) is 17.1 Å². The summed E-state index contributed by atoms with van der Waals surface area (Å²) in [5, 5.41) is 6.75. The Bertz CT molecular complexity index is 694. The second-order valence-corrected chi connectivity index (χ2v) is 8.07. The molecule has 2 unspecified atom stereocenters. The van der Waals surface area contributed by atoms with Gasteiger partial charge in [0.1, 0.15) is 10.7 Å². The van der Waals surface area contributed by atoms with Crippen LogP contribution >= 0.6 is 11.6 Å². The number of sulfonamides is 1. The molecule has 0 spiro atoms. The summed E-state index contributed by atoms with van der Waals surface area (Å²) in [5.74, 6) is -1.84. The summed E-state index contributed by atoms with van der Waals surface area (Å²) in [6, 6.07) is 1.48. The molecule has 118 valence electrons. The van der Waals surface area contributed by atoms with Gasteiger partial charge >= 0.3 is 0 Å². The number of carbonyl (C=O) groups is 1. The molecule has 21 heavy (non-hydrogen) atoms. The number of amides is 1. The smallest absolute Gasteiger partial charge is 0.252 e. The lowest BCUT2D eigenvalue weighted by molar-refractivity contribution is 0.0954. The van der Waals surface area contributed by atoms with E-state index in [2.05, 4.69) is 5.32 Å². The van der Waals surface area contributed by atoms with E-state index in [0.29, 0.717) is 6.07 Å². The zero-order valence-electron chi connectivity index (χ0n) is 11.2. The standard InChI is InChI=1S/C11H14ClFN2O4S2/c1-6(20(2)17)5-15-11(16)7-3-10(21(14,18)19)9(13)4-8(7)12/h3-4,6H,5H2,1-2H3,(H,15,16)(H2,14,18,19). The van der Waals surface area contributed by atoms with Crippen molar-refractivity contribution in [1.82, 2.24) is 5.32 Å². The molecule has 0 saturated carbocycles. The summed E-state index contributed by atoms with van der Waals surface area (Å²) in [6.07, 6.45) is 1.49. The van der Waals surface area contributed by atoms with Crippen molar-refractivity contribution < 1.29 is 21.8 Å². The van der Waals surface area contributed by atoms with Gasteiger partial charge in [0.15, 0.2) is 0 Å². The van der Waals surface area contributed by atoms with Crippen molar-refractivity contribution in [1.29, 1.82) is 0 Å². The van der Waals surface area contributed by atoms with E-state index < -0.39 is 37.4 Å². The van der Waals surface area contributed by atoms with Crippen LogP contribution in [-0.2, 0) is 20.8 Å². The summed E-state index contributed by atoms with van der Waals surface area (Å²) in [7, 11) is -5.45. The van der Waals surface area contributed by atoms with Gasteiger partial charge in [0.05, 0.1) is 10.6 Å². The first-order chi connectivity index (χ1) is 9.54. The molecule has 1 rings (SSSR count). The lowest BCUT2D eigenvalue weighted by Gasteiger charge is -2.12. The van der Waals surface area contributed by atoms with Crippen molar-refractivity contribution in [2.24, 2.45) is 5.14 Å². The van der Waals surface area contributed by atoms with Crippen LogP contribution in [0.3, 0.4) is 0 Å². The highest BCUT2D eigenvalue weighted by Gasteiger charge is 2.21. The molecule has 0 aromatic heterocycles. The van der Waals surface area contributed by atoms with E-state index in [1.54, 1.807) is 6.92 Å². The van der Waals surface area contributed by atoms with Gasteiger partial charge in [-0.25, -0.2) is 17.9 Å². The molecule has 1 aromatic rings. The molecule has 0 aliphatic heterocycles. The van der Waals surface area contributed by atoms with E-state index >= 15 is 0 Å². The molecule has 1 aromatic carbocycles. The first-order valence-electron chi connectivity index (χ1n) is 5.66. The Balaban J connectivity index is 3.08. The number of hydrogen-bond acceptors (Lipinski definition) is 4. The molecule has 6 nitrogen and oxygen atoms in total. The number of carbonyl (C=O) groups excluding carboxylic acids is 1. The Morgan fingerprint density at radius 2 is 2.10 bits per heavy atom.